The second kappa shape index (κ2) is 9.61. The van der Waals surface area contributed by atoms with Crippen molar-refractivity contribution < 1.29 is 14.3 Å². The van der Waals surface area contributed by atoms with Crippen molar-refractivity contribution in [2.24, 2.45) is 0 Å². The van der Waals surface area contributed by atoms with Gasteiger partial charge in [-0.25, -0.2) is 0 Å². The Balaban J connectivity index is 1.78. The third-order valence-corrected chi connectivity index (χ3v) is 3.65. The largest absolute Gasteiger partial charge is 0.497 e. The van der Waals surface area contributed by atoms with Crippen molar-refractivity contribution >= 4 is 23.2 Å². The predicted molar refractivity (Wildman–Crippen MR) is 100 cm³/mol. The van der Waals surface area contributed by atoms with Crippen molar-refractivity contribution in [2.75, 3.05) is 14.2 Å². The minimum absolute atomic E-state index is 0.272. The number of benzene rings is 2. The molecule has 0 heterocycles. The molecular weight excluding hydrogens is 338 g/mol. The standard InChI is InChI=1S/C18H21N3O3S/c1-23-12-14-4-3-5-15(10-14)17(22)20-21-18(25)19-11-13-6-8-16(24-2)9-7-13/h3-10H,11-12H2,1-2H3,(H,20,22)(H2,19,21,25). The summed E-state index contributed by atoms with van der Waals surface area (Å²) in [5.74, 6) is 0.527. The summed E-state index contributed by atoms with van der Waals surface area (Å²) >= 11 is 5.16. The number of amides is 1. The van der Waals surface area contributed by atoms with E-state index in [1.165, 1.54) is 0 Å². The van der Waals surface area contributed by atoms with Gasteiger partial charge in [-0.15, -0.1) is 0 Å². The zero-order valence-electron chi connectivity index (χ0n) is 14.2. The zero-order valence-corrected chi connectivity index (χ0v) is 15.0. The molecule has 0 fully saturated rings. The van der Waals surface area contributed by atoms with Gasteiger partial charge < -0.3 is 14.8 Å². The molecule has 0 saturated carbocycles. The van der Waals surface area contributed by atoms with E-state index in [2.05, 4.69) is 16.2 Å². The van der Waals surface area contributed by atoms with E-state index in [-0.39, 0.29) is 5.91 Å². The summed E-state index contributed by atoms with van der Waals surface area (Å²) in [6.45, 7) is 0.991. The first-order chi connectivity index (χ1) is 12.1. The Kier molecular flexibility index (Phi) is 7.18. The molecule has 7 heteroatoms. The lowest BCUT2D eigenvalue weighted by atomic mass is 10.1. The van der Waals surface area contributed by atoms with Gasteiger partial charge in [0.2, 0.25) is 0 Å². The van der Waals surface area contributed by atoms with Crippen LogP contribution in [0.15, 0.2) is 48.5 Å². The maximum atomic E-state index is 12.1. The lowest BCUT2D eigenvalue weighted by molar-refractivity contribution is 0.0943. The van der Waals surface area contributed by atoms with Crippen LogP contribution in [0.25, 0.3) is 0 Å². The fraction of sp³-hybridized carbons (Fsp3) is 0.222. The molecule has 0 aliphatic carbocycles. The second-order valence-electron chi connectivity index (χ2n) is 5.24. The number of hydrazine groups is 1. The molecule has 0 aliphatic rings. The zero-order chi connectivity index (χ0) is 18.1. The summed E-state index contributed by atoms with van der Waals surface area (Å²) in [6, 6.07) is 14.8. The molecule has 0 bridgehead atoms. The van der Waals surface area contributed by atoms with Crippen molar-refractivity contribution in [3.63, 3.8) is 0 Å². The minimum Gasteiger partial charge on any atom is -0.497 e. The average Bonchev–Trinajstić information content (AvgIpc) is 2.65. The van der Waals surface area contributed by atoms with Crippen molar-refractivity contribution in [1.29, 1.82) is 0 Å². The number of hydrogen-bond donors (Lipinski definition) is 3. The monoisotopic (exact) mass is 359 g/mol. The second-order valence-corrected chi connectivity index (χ2v) is 5.65. The van der Waals surface area contributed by atoms with Crippen molar-refractivity contribution in [3.05, 3.63) is 65.2 Å². The van der Waals surface area contributed by atoms with Crippen molar-refractivity contribution in [3.8, 4) is 5.75 Å². The number of nitrogens with one attached hydrogen (secondary N) is 3. The Labute approximate surface area is 152 Å². The highest BCUT2D eigenvalue weighted by Gasteiger charge is 2.06. The molecule has 2 aromatic carbocycles. The van der Waals surface area contributed by atoms with Gasteiger partial charge in [-0.1, -0.05) is 24.3 Å². The normalized spacial score (nSPS) is 10.0. The molecule has 2 rings (SSSR count). The van der Waals surface area contributed by atoms with E-state index in [1.807, 2.05) is 36.4 Å². The molecule has 0 aliphatic heterocycles. The van der Waals surface area contributed by atoms with Crippen LogP contribution in [0, 0.1) is 0 Å². The highest BCUT2D eigenvalue weighted by atomic mass is 32.1. The summed E-state index contributed by atoms with van der Waals surface area (Å²) in [5, 5.41) is 3.35. The fourth-order valence-electron chi connectivity index (χ4n) is 2.12. The molecule has 0 unspecified atom stereocenters. The number of carbonyl (C=O) groups excluding carboxylic acids is 1. The number of thiocarbonyl (C=S) groups is 1. The van der Waals surface area contributed by atoms with Crippen LogP contribution in [0.4, 0.5) is 0 Å². The number of ether oxygens (including phenoxy) is 2. The molecule has 0 atom stereocenters. The molecule has 3 N–H and O–H groups in total. The number of hydrogen-bond acceptors (Lipinski definition) is 4. The maximum Gasteiger partial charge on any atom is 0.269 e. The summed E-state index contributed by atoms with van der Waals surface area (Å²) in [6.07, 6.45) is 0. The van der Waals surface area contributed by atoms with Gasteiger partial charge in [-0.05, 0) is 47.6 Å². The van der Waals surface area contributed by atoms with Gasteiger partial charge >= 0.3 is 0 Å². The Hall–Kier alpha value is -2.64. The number of methoxy groups -OCH3 is 2. The first-order valence-corrected chi connectivity index (χ1v) is 8.08. The molecule has 0 radical (unpaired) electrons. The molecule has 0 aromatic heterocycles. The molecule has 1 amide bonds. The lowest BCUT2D eigenvalue weighted by Gasteiger charge is -2.12. The summed E-state index contributed by atoms with van der Waals surface area (Å²) in [4.78, 5) is 12.1. The van der Waals surface area contributed by atoms with Crippen LogP contribution in [0.3, 0.4) is 0 Å². The van der Waals surface area contributed by atoms with Crippen LogP contribution in [0.2, 0.25) is 0 Å². The van der Waals surface area contributed by atoms with Gasteiger partial charge in [-0.3, -0.25) is 15.6 Å². The number of rotatable bonds is 6. The van der Waals surface area contributed by atoms with Crippen molar-refractivity contribution in [1.82, 2.24) is 16.2 Å². The average molecular weight is 359 g/mol. The third-order valence-electron chi connectivity index (χ3n) is 3.40. The van der Waals surface area contributed by atoms with Gasteiger partial charge in [0.05, 0.1) is 13.7 Å². The Morgan fingerprint density at radius 1 is 1.04 bits per heavy atom. The van der Waals surface area contributed by atoms with E-state index in [4.69, 9.17) is 21.7 Å². The van der Waals surface area contributed by atoms with E-state index < -0.39 is 0 Å². The van der Waals surface area contributed by atoms with Crippen LogP contribution in [0.1, 0.15) is 21.5 Å². The van der Waals surface area contributed by atoms with E-state index in [0.29, 0.717) is 23.8 Å². The smallest absolute Gasteiger partial charge is 0.269 e. The lowest BCUT2D eigenvalue weighted by Crippen LogP contribution is -2.46. The summed E-state index contributed by atoms with van der Waals surface area (Å²) in [7, 11) is 3.24. The molecule has 25 heavy (non-hydrogen) atoms. The number of carbonyl (C=O) groups is 1. The van der Waals surface area contributed by atoms with Crippen LogP contribution in [0.5, 0.6) is 5.75 Å². The maximum absolute atomic E-state index is 12.1. The van der Waals surface area contributed by atoms with E-state index >= 15 is 0 Å². The van der Waals surface area contributed by atoms with Crippen molar-refractivity contribution in [2.45, 2.75) is 13.2 Å². The van der Waals surface area contributed by atoms with Gasteiger partial charge in [0.25, 0.3) is 5.91 Å². The predicted octanol–water partition coefficient (Wildman–Crippen LogP) is 2.15. The van der Waals surface area contributed by atoms with Crippen LogP contribution in [-0.4, -0.2) is 25.2 Å². The van der Waals surface area contributed by atoms with Crippen LogP contribution >= 0.6 is 12.2 Å². The fourth-order valence-corrected chi connectivity index (χ4v) is 2.25. The van der Waals surface area contributed by atoms with Gasteiger partial charge in [-0.2, -0.15) is 0 Å². The van der Waals surface area contributed by atoms with E-state index in [0.717, 1.165) is 16.9 Å². The van der Waals surface area contributed by atoms with Gasteiger partial charge in [0.15, 0.2) is 5.11 Å². The summed E-state index contributed by atoms with van der Waals surface area (Å²) in [5.41, 5.74) is 7.76. The molecular formula is C18H21N3O3S. The van der Waals surface area contributed by atoms with Gasteiger partial charge in [0, 0.05) is 19.2 Å². The Morgan fingerprint density at radius 3 is 2.48 bits per heavy atom. The first kappa shape index (κ1) is 18.7. The Bertz CT molecular complexity index is 720. The highest BCUT2D eigenvalue weighted by molar-refractivity contribution is 7.80. The van der Waals surface area contributed by atoms with E-state index in [1.54, 1.807) is 26.4 Å². The van der Waals surface area contributed by atoms with Crippen LogP contribution in [-0.2, 0) is 17.9 Å². The van der Waals surface area contributed by atoms with Gasteiger partial charge in [0.1, 0.15) is 5.75 Å². The highest BCUT2D eigenvalue weighted by Crippen LogP contribution is 2.10. The molecule has 0 saturated heterocycles. The summed E-state index contributed by atoms with van der Waals surface area (Å²) < 4.78 is 10.2. The van der Waals surface area contributed by atoms with Crippen LogP contribution < -0.4 is 20.9 Å². The molecule has 2 aromatic rings. The third kappa shape index (κ3) is 6.06. The quantitative estimate of drug-likeness (QED) is 0.542. The Morgan fingerprint density at radius 2 is 1.80 bits per heavy atom. The molecule has 6 nitrogen and oxygen atoms in total. The van der Waals surface area contributed by atoms with E-state index in [9.17, 15) is 4.79 Å². The molecule has 0 spiro atoms. The molecule has 132 valence electrons. The SMILES string of the molecule is COCc1cccc(C(=O)NNC(=S)NCc2ccc(OC)cc2)c1. The first-order valence-electron chi connectivity index (χ1n) is 7.67. The minimum atomic E-state index is -0.272. The topological polar surface area (TPSA) is 71.6 Å².